The number of hydrogen-bond acceptors (Lipinski definition) is 3. The van der Waals surface area contributed by atoms with E-state index in [1.54, 1.807) is 6.20 Å². The first-order valence-electron chi connectivity index (χ1n) is 6.86. The summed E-state index contributed by atoms with van der Waals surface area (Å²) in [5, 5.41) is 0. The summed E-state index contributed by atoms with van der Waals surface area (Å²) in [4.78, 5) is 4.31. The maximum Gasteiger partial charge on any atom is 0.147 e. The molecule has 0 radical (unpaired) electrons. The highest BCUT2D eigenvalue weighted by molar-refractivity contribution is 6.76. The zero-order valence-electron chi connectivity index (χ0n) is 13.1. The van der Waals surface area contributed by atoms with Crippen LogP contribution >= 0.6 is 0 Å². The van der Waals surface area contributed by atoms with Crippen molar-refractivity contribution in [2.24, 2.45) is 0 Å². The maximum atomic E-state index is 5.86. The minimum absolute atomic E-state index is 0.339. The Morgan fingerprint density at radius 2 is 1.95 bits per heavy atom. The summed E-state index contributed by atoms with van der Waals surface area (Å²) < 4.78 is 11.5. The topological polar surface area (TPSA) is 31.4 Å². The van der Waals surface area contributed by atoms with Crippen LogP contribution in [0, 0.1) is 6.92 Å². The van der Waals surface area contributed by atoms with Crippen molar-refractivity contribution >= 4 is 8.07 Å². The summed E-state index contributed by atoms with van der Waals surface area (Å²) in [6.07, 6.45) is 1.80. The van der Waals surface area contributed by atoms with Crippen LogP contribution in [0.25, 0.3) is 0 Å². The van der Waals surface area contributed by atoms with E-state index in [2.05, 4.69) is 44.5 Å². The Morgan fingerprint density at radius 3 is 2.53 bits per heavy atom. The number of rotatable bonds is 7. The predicted molar refractivity (Wildman–Crippen MR) is 82.1 cm³/mol. The van der Waals surface area contributed by atoms with Crippen LogP contribution in [0.5, 0.6) is 0 Å². The molecule has 0 aliphatic heterocycles. The minimum atomic E-state index is -1.02. The molecule has 0 bridgehead atoms. The molecule has 0 amide bonds. The second-order valence-electron chi connectivity index (χ2n) is 6.63. The summed E-state index contributed by atoms with van der Waals surface area (Å²) in [6.45, 7) is 14.3. The van der Waals surface area contributed by atoms with Crippen molar-refractivity contribution in [3.63, 3.8) is 0 Å². The van der Waals surface area contributed by atoms with Gasteiger partial charge >= 0.3 is 0 Å². The van der Waals surface area contributed by atoms with Gasteiger partial charge in [-0.25, -0.2) is 0 Å². The van der Waals surface area contributed by atoms with Crippen LogP contribution in [0.4, 0.5) is 0 Å². The summed E-state index contributed by atoms with van der Waals surface area (Å²) in [6, 6.07) is 5.17. The Kier molecular flexibility index (Phi) is 5.71. The molecule has 1 heterocycles. The van der Waals surface area contributed by atoms with Crippen molar-refractivity contribution in [1.29, 1.82) is 0 Å². The Labute approximate surface area is 118 Å². The molecule has 0 aromatic carbocycles. The van der Waals surface area contributed by atoms with Crippen LogP contribution < -0.4 is 0 Å². The molecular formula is C15H27NO2Si. The van der Waals surface area contributed by atoms with Crippen LogP contribution in [-0.2, 0) is 15.1 Å². The minimum Gasteiger partial charge on any atom is -0.356 e. The molecule has 19 heavy (non-hydrogen) atoms. The van der Waals surface area contributed by atoms with Crippen LogP contribution in [0.15, 0.2) is 18.3 Å². The molecule has 0 N–H and O–H groups in total. The third kappa shape index (κ3) is 5.85. The van der Waals surface area contributed by atoms with Gasteiger partial charge < -0.3 is 9.47 Å². The van der Waals surface area contributed by atoms with Crippen molar-refractivity contribution in [3.8, 4) is 0 Å². The van der Waals surface area contributed by atoms with E-state index in [0.29, 0.717) is 6.79 Å². The predicted octanol–water partition coefficient (Wildman–Crippen LogP) is 3.95. The van der Waals surface area contributed by atoms with E-state index >= 15 is 0 Å². The molecule has 0 atom stereocenters. The van der Waals surface area contributed by atoms with E-state index in [9.17, 15) is 0 Å². The van der Waals surface area contributed by atoms with E-state index in [0.717, 1.165) is 17.9 Å². The molecule has 0 saturated heterocycles. The standard InChI is InChI=1S/C15H27NO2Si/c1-13-14(8-7-9-16-13)15(2,3)18-12-17-10-11-19(4,5)6/h7-9H,10-12H2,1-6H3. The number of nitrogens with zero attached hydrogens (tertiary/aromatic N) is 1. The van der Waals surface area contributed by atoms with Gasteiger partial charge in [0.15, 0.2) is 0 Å². The third-order valence-corrected chi connectivity index (χ3v) is 4.86. The average Bonchev–Trinajstić information content (AvgIpc) is 2.27. The highest BCUT2D eigenvalue weighted by Gasteiger charge is 2.23. The second kappa shape index (κ2) is 6.64. The van der Waals surface area contributed by atoms with Gasteiger partial charge in [0.2, 0.25) is 0 Å². The van der Waals surface area contributed by atoms with Gasteiger partial charge in [-0.1, -0.05) is 25.7 Å². The first-order valence-corrected chi connectivity index (χ1v) is 10.6. The Morgan fingerprint density at radius 1 is 1.26 bits per heavy atom. The number of aromatic nitrogens is 1. The smallest absolute Gasteiger partial charge is 0.147 e. The normalized spacial score (nSPS) is 12.7. The number of aryl methyl sites for hydroxylation is 1. The summed E-state index contributed by atoms with van der Waals surface area (Å²) in [7, 11) is -1.02. The summed E-state index contributed by atoms with van der Waals surface area (Å²) in [5.41, 5.74) is 1.76. The van der Waals surface area contributed by atoms with Crippen LogP contribution in [0.1, 0.15) is 25.1 Å². The first-order chi connectivity index (χ1) is 8.72. The Bertz CT molecular complexity index is 399. The van der Waals surface area contributed by atoms with Gasteiger partial charge in [-0.05, 0) is 32.9 Å². The van der Waals surface area contributed by atoms with Gasteiger partial charge in [-0.2, -0.15) is 0 Å². The lowest BCUT2D eigenvalue weighted by Gasteiger charge is -2.27. The molecule has 108 valence electrons. The highest BCUT2D eigenvalue weighted by Crippen LogP contribution is 2.26. The van der Waals surface area contributed by atoms with E-state index in [-0.39, 0.29) is 5.60 Å². The van der Waals surface area contributed by atoms with Crippen LogP contribution in [-0.4, -0.2) is 26.5 Å². The molecule has 0 aliphatic carbocycles. The fourth-order valence-electron chi connectivity index (χ4n) is 1.82. The Balaban J connectivity index is 2.42. The van der Waals surface area contributed by atoms with Crippen molar-refractivity contribution in [2.45, 2.75) is 52.1 Å². The van der Waals surface area contributed by atoms with Gasteiger partial charge in [-0.3, -0.25) is 4.98 Å². The SMILES string of the molecule is Cc1ncccc1C(C)(C)OCOCC[Si](C)(C)C. The van der Waals surface area contributed by atoms with E-state index in [4.69, 9.17) is 9.47 Å². The zero-order valence-corrected chi connectivity index (χ0v) is 14.1. The molecule has 0 saturated carbocycles. The van der Waals surface area contributed by atoms with E-state index in [1.165, 1.54) is 6.04 Å². The van der Waals surface area contributed by atoms with Gasteiger partial charge in [0, 0.05) is 32.1 Å². The fourth-order valence-corrected chi connectivity index (χ4v) is 2.58. The molecule has 1 aromatic rings. The second-order valence-corrected chi connectivity index (χ2v) is 12.2. The molecule has 1 aromatic heterocycles. The summed E-state index contributed by atoms with van der Waals surface area (Å²) >= 11 is 0. The highest BCUT2D eigenvalue weighted by atomic mass is 28.3. The van der Waals surface area contributed by atoms with Crippen molar-refractivity contribution in [1.82, 2.24) is 4.98 Å². The van der Waals surface area contributed by atoms with Gasteiger partial charge in [-0.15, -0.1) is 0 Å². The number of ether oxygens (including phenoxy) is 2. The number of pyridine rings is 1. The molecular weight excluding hydrogens is 254 g/mol. The van der Waals surface area contributed by atoms with Gasteiger partial charge in [0.05, 0.1) is 5.60 Å². The lowest BCUT2D eigenvalue weighted by molar-refractivity contribution is -0.129. The van der Waals surface area contributed by atoms with E-state index < -0.39 is 8.07 Å². The van der Waals surface area contributed by atoms with Crippen molar-refractivity contribution in [2.75, 3.05) is 13.4 Å². The lowest BCUT2D eigenvalue weighted by Crippen LogP contribution is -2.26. The lowest BCUT2D eigenvalue weighted by atomic mass is 9.97. The number of hydrogen-bond donors (Lipinski definition) is 0. The molecule has 0 unspecified atom stereocenters. The largest absolute Gasteiger partial charge is 0.356 e. The molecule has 0 aliphatic rings. The quantitative estimate of drug-likeness (QED) is 0.431. The molecule has 4 heteroatoms. The third-order valence-electron chi connectivity index (χ3n) is 3.16. The average molecular weight is 281 g/mol. The molecule has 0 fully saturated rings. The first kappa shape index (κ1) is 16.3. The van der Waals surface area contributed by atoms with E-state index in [1.807, 2.05) is 13.0 Å². The zero-order chi connectivity index (χ0) is 14.5. The molecule has 0 spiro atoms. The van der Waals surface area contributed by atoms with Crippen LogP contribution in [0.3, 0.4) is 0 Å². The van der Waals surface area contributed by atoms with Gasteiger partial charge in [0.25, 0.3) is 0 Å². The fraction of sp³-hybridized carbons (Fsp3) is 0.667. The van der Waals surface area contributed by atoms with Gasteiger partial charge in [0.1, 0.15) is 6.79 Å². The molecule has 1 rings (SSSR count). The maximum absolute atomic E-state index is 5.86. The van der Waals surface area contributed by atoms with Crippen molar-refractivity contribution in [3.05, 3.63) is 29.6 Å². The monoisotopic (exact) mass is 281 g/mol. The Hall–Kier alpha value is -0.713. The van der Waals surface area contributed by atoms with Crippen LogP contribution in [0.2, 0.25) is 25.7 Å². The molecule has 3 nitrogen and oxygen atoms in total. The summed E-state index contributed by atoms with van der Waals surface area (Å²) in [5.74, 6) is 0. The van der Waals surface area contributed by atoms with Crippen molar-refractivity contribution < 1.29 is 9.47 Å².